The van der Waals surface area contributed by atoms with Crippen molar-refractivity contribution >= 4 is 21.6 Å². The Bertz CT molecular complexity index is 339. The minimum absolute atomic E-state index is 0. The van der Waals surface area contributed by atoms with Crippen molar-refractivity contribution in [3.05, 3.63) is 35.9 Å². The molecule has 2 heteroatoms. The molecule has 1 rings (SSSR count). The summed E-state index contributed by atoms with van der Waals surface area (Å²) in [7, 11) is 3.01. The average molecular weight is 357 g/mol. The summed E-state index contributed by atoms with van der Waals surface area (Å²) in [4.78, 5) is 0. The lowest BCUT2D eigenvalue weighted by atomic mass is 10.0. The van der Waals surface area contributed by atoms with Gasteiger partial charge < -0.3 is 0 Å². The SMILES string of the molecule is CCCCCCCCCCCCCCC(P)c1ccccc1.Cl. The van der Waals surface area contributed by atoms with Gasteiger partial charge in [0.25, 0.3) is 0 Å². The predicted octanol–water partition coefficient (Wildman–Crippen LogP) is 8.12. The number of benzene rings is 1. The van der Waals surface area contributed by atoms with E-state index in [1.165, 1.54) is 89.0 Å². The van der Waals surface area contributed by atoms with Crippen molar-refractivity contribution in [1.29, 1.82) is 0 Å². The van der Waals surface area contributed by atoms with Gasteiger partial charge in [-0.3, -0.25) is 0 Å². The summed E-state index contributed by atoms with van der Waals surface area (Å²) >= 11 is 0. The van der Waals surface area contributed by atoms with Gasteiger partial charge in [-0.2, -0.15) is 0 Å². The zero-order valence-electron chi connectivity index (χ0n) is 15.1. The standard InChI is InChI=1S/C21H37P.ClH/c1-2-3-4-5-6-7-8-9-10-11-12-16-19-21(22)20-17-14-13-15-18-20;/h13-15,17-18,21H,2-12,16,19,22H2,1H3;1H. The van der Waals surface area contributed by atoms with Crippen molar-refractivity contribution in [3.63, 3.8) is 0 Å². The Morgan fingerprint density at radius 3 is 1.61 bits per heavy atom. The lowest BCUT2D eigenvalue weighted by Gasteiger charge is -2.11. The zero-order chi connectivity index (χ0) is 15.9. The first-order valence-corrected chi connectivity index (χ1v) is 10.3. The second-order valence-corrected chi connectivity index (χ2v) is 7.50. The monoisotopic (exact) mass is 356 g/mol. The molecule has 0 heterocycles. The summed E-state index contributed by atoms with van der Waals surface area (Å²) in [5.74, 6) is 0. The van der Waals surface area contributed by atoms with E-state index in [1.54, 1.807) is 0 Å². The molecule has 1 aromatic rings. The number of rotatable bonds is 14. The fourth-order valence-corrected chi connectivity index (χ4v) is 3.53. The molecule has 0 aliphatic heterocycles. The largest absolute Gasteiger partial charge is 0.147 e. The van der Waals surface area contributed by atoms with Crippen LogP contribution in [-0.4, -0.2) is 0 Å². The molecule has 0 aliphatic carbocycles. The van der Waals surface area contributed by atoms with Gasteiger partial charge in [0.15, 0.2) is 0 Å². The second kappa shape index (κ2) is 16.8. The Morgan fingerprint density at radius 1 is 0.696 bits per heavy atom. The maximum atomic E-state index is 3.01. The van der Waals surface area contributed by atoms with Gasteiger partial charge in [-0.15, -0.1) is 21.6 Å². The highest BCUT2D eigenvalue weighted by atomic mass is 35.5. The van der Waals surface area contributed by atoms with Crippen LogP contribution in [0.4, 0.5) is 0 Å². The van der Waals surface area contributed by atoms with Gasteiger partial charge in [-0.1, -0.05) is 114 Å². The quantitative estimate of drug-likeness (QED) is 0.233. The third kappa shape index (κ3) is 13.0. The van der Waals surface area contributed by atoms with Gasteiger partial charge >= 0.3 is 0 Å². The average Bonchev–Trinajstić information content (AvgIpc) is 2.56. The molecule has 0 radical (unpaired) electrons. The Morgan fingerprint density at radius 2 is 1.13 bits per heavy atom. The van der Waals surface area contributed by atoms with Gasteiger partial charge in [0, 0.05) is 0 Å². The van der Waals surface area contributed by atoms with E-state index in [0.717, 1.165) is 0 Å². The van der Waals surface area contributed by atoms with Crippen LogP contribution in [0.5, 0.6) is 0 Å². The van der Waals surface area contributed by atoms with Gasteiger partial charge in [0.2, 0.25) is 0 Å². The first-order chi connectivity index (χ1) is 10.8. The molecule has 0 aliphatic rings. The minimum atomic E-state index is 0. The first kappa shape index (κ1) is 22.9. The van der Waals surface area contributed by atoms with Crippen LogP contribution < -0.4 is 0 Å². The van der Waals surface area contributed by atoms with Crippen LogP contribution in [0.25, 0.3) is 0 Å². The normalized spacial score (nSPS) is 11.9. The molecule has 0 saturated heterocycles. The third-order valence-electron chi connectivity index (χ3n) is 4.60. The Balaban J connectivity index is 0.00000484. The van der Waals surface area contributed by atoms with Crippen LogP contribution >= 0.6 is 21.6 Å². The number of halogens is 1. The number of unbranched alkanes of at least 4 members (excludes halogenated alkanes) is 11. The molecule has 2 atom stereocenters. The maximum Gasteiger partial charge on any atom is -0.00146 e. The maximum absolute atomic E-state index is 3.01. The van der Waals surface area contributed by atoms with Crippen molar-refractivity contribution in [2.75, 3.05) is 0 Å². The van der Waals surface area contributed by atoms with Crippen molar-refractivity contribution < 1.29 is 0 Å². The fourth-order valence-electron chi connectivity index (χ4n) is 3.07. The molecule has 0 N–H and O–H groups in total. The highest BCUT2D eigenvalue weighted by Crippen LogP contribution is 2.28. The van der Waals surface area contributed by atoms with Gasteiger partial charge in [-0.25, -0.2) is 0 Å². The molecule has 0 fully saturated rings. The molecular formula is C21H38ClP. The molecule has 23 heavy (non-hydrogen) atoms. The van der Waals surface area contributed by atoms with Crippen LogP contribution in [-0.2, 0) is 0 Å². The molecule has 2 unspecified atom stereocenters. The fraction of sp³-hybridized carbons (Fsp3) is 0.714. The molecule has 134 valence electrons. The van der Waals surface area contributed by atoms with E-state index < -0.39 is 0 Å². The van der Waals surface area contributed by atoms with Gasteiger partial charge in [-0.05, 0) is 17.6 Å². The van der Waals surface area contributed by atoms with Crippen molar-refractivity contribution in [2.24, 2.45) is 0 Å². The molecule has 0 amide bonds. The van der Waals surface area contributed by atoms with Crippen molar-refractivity contribution in [1.82, 2.24) is 0 Å². The lowest BCUT2D eigenvalue weighted by Crippen LogP contribution is -1.90. The van der Waals surface area contributed by atoms with Crippen LogP contribution in [0.2, 0.25) is 0 Å². The van der Waals surface area contributed by atoms with Crippen LogP contribution in [0.1, 0.15) is 102 Å². The highest BCUT2D eigenvalue weighted by Gasteiger charge is 2.04. The van der Waals surface area contributed by atoms with Gasteiger partial charge in [0.1, 0.15) is 0 Å². The molecule has 0 saturated carbocycles. The Labute approximate surface area is 153 Å². The van der Waals surface area contributed by atoms with Crippen molar-refractivity contribution in [2.45, 2.75) is 96.1 Å². The lowest BCUT2D eigenvalue weighted by molar-refractivity contribution is 0.538. The van der Waals surface area contributed by atoms with Crippen molar-refractivity contribution in [3.8, 4) is 0 Å². The summed E-state index contributed by atoms with van der Waals surface area (Å²) < 4.78 is 0. The molecule has 1 aromatic carbocycles. The molecule has 0 nitrogen and oxygen atoms in total. The van der Waals surface area contributed by atoms with E-state index in [9.17, 15) is 0 Å². The summed E-state index contributed by atoms with van der Waals surface area (Å²) in [5.41, 5.74) is 2.11. The van der Waals surface area contributed by atoms with E-state index in [1.807, 2.05) is 0 Å². The molecule has 0 spiro atoms. The summed E-state index contributed by atoms with van der Waals surface area (Å²) in [6.45, 7) is 2.29. The number of hydrogen-bond acceptors (Lipinski definition) is 0. The minimum Gasteiger partial charge on any atom is -0.147 e. The molecule has 0 bridgehead atoms. The summed E-state index contributed by atoms with van der Waals surface area (Å²) in [6, 6.07) is 10.9. The first-order valence-electron chi connectivity index (χ1n) is 9.65. The van der Waals surface area contributed by atoms with E-state index in [2.05, 4.69) is 46.5 Å². The van der Waals surface area contributed by atoms with E-state index in [0.29, 0.717) is 5.66 Å². The van der Waals surface area contributed by atoms with E-state index >= 15 is 0 Å². The third-order valence-corrected chi connectivity index (χ3v) is 5.31. The van der Waals surface area contributed by atoms with Crippen LogP contribution in [0.3, 0.4) is 0 Å². The second-order valence-electron chi connectivity index (χ2n) is 6.69. The predicted molar refractivity (Wildman–Crippen MR) is 112 cm³/mol. The van der Waals surface area contributed by atoms with Crippen LogP contribution in [0, 0.1) is 0 Å². The van der Waals surface area contributed by atoms with E-state index in [4.69, 9.17) is 0 Å². The Kier molecular flexibility index (Phi) is 16.7. The zero-order valence-corrected chi connectivity index (χ0v) is 17.1. The van der Waals surface area contributed by atoms with Gasteiger partial charge in [0.05, 0.1) is 0 Å². The highest BCUT2D eigenvalue weighted by molar-refractivity contribution is 7.17. The smallest absolute Gasteiger partial charge is 0.00146 e. The summed E-state index contributed by atoms with van der Waals surface area (Å²) in [5, 5.41) is 0. The summed E-state index contributed by atoms with van der Waals surface area (Å²) in [6.07, 6.45) is 18.5. The van der Waals surface area contributed by atoms with Crippen LogP contribution in [0.15, 0.2) is 30.3 Å². The topological polar surface area (TPSA) is 0 Å². The molecular weight excluding hydrogens is 319 g/mol. The molecule has 0 aromatic heterocycles. The Hall–Kier alpha value is -0.0600. The van der Waals surface area contributed by atoms with E-state index in [-0.39, 0.29) is 12.4 Å². The number of hydrogen-bond donors (Lipinski definition) is 0.